The number of amides is 1. The van der Waals surface area contributed by atoms with E-state index >= 15 is 0 Å². The Morgan fingerprint density at radius 1 is 1.27 bits per heavy atom. The van der Waals surface area contributed by atoms with Gasteiger partial charge in [-0.1, -0.05) is 13.0 Å². The molecule has 0 aromatic heterocycles. The van der Waals surface area contributed by atoms with E-state index in [1.54, 1.807) is 6.92 Å². The van der Waals surface area contributed by atoms with Crippen molar-refractivity contribution in [1.82, 2.24) is 5.32 Å². The lowest BCUT2D eigenvalue weighted by Crippen LogP contribution is -2.37. The summed E-state index contributed by atoms with van der Waals surface area (Å²) < 4.78 is 10.5. The van der Waals surface area contributed by atoms with Crippen molar-refractivity contribution >= 4 is 11.9 Å². The Labute approximate surface area is 131 Å². The second-order valence-corrected chi connectivity index (χ2v) is 5.50. The number of nitrogens with one attached hydrogen (secondary N) is 1. The zero-order chi connectivity index (χ0) is 15.9. The fourth-order valence-corrected chi connectivity index (χ4v) is 2.46. The van der Waals surface area contributed by atoms with E-state index in [4.69, 9.17) is 9.47 Å². The van der Waals surface area contributed by atoms with Crippen LogP contribution in [0.4, 0.5) is 0 Å². The summed E-state index contributed by atoms with van der Waals surface area (Å²) in [6, 6.07) is 5.89. The van der Waals surface area contributed by atoms with Crippen molar-refractivity contribution in [1.29, 1.82) is 0 Å². The van der Waals surface area contributed by atoms with Crippen LogP contribution in [0, 0.1) is 0 Å². The van der Waals surface area contributed by atoms with Gasteiger partial charge in [0.25, 0.3) is 5.91 Å². The summed E-state index contributed by atoms with van der Waals surface area (Å²) in [5.74, 6) is -0.159. The molecule has 0 bridgehead atoms. The van der Waals surface area contributed by atoms with Crippen molar-refractivity contribution in [2.75, 3.05) is 13.2 Å². The summed E-state index contributed by atoms with van der Waals surface area (Å²) in [7, 11) is 0. The minimum atomic E-state index is -0.803. The Balaban J connectivity index is 1.76. The molecule has 0 saturated heterocycles. The van der Waals surface area contributed by atoms with Gasteiger partial charge in [0, 0.05) is 6.54 Å². The molecule has 1 aromatic carbocycles. The summed E-state index contributed by atoms with van der Waals surface area (Å²) in [4.78, 5) is 23.3. The Kier molecular flexibility index (Phi) is 5.81. The van der Waals surface area contributed by atoms with E-state index in [9.17, 15) is 9.59 Å². The molecule has 1 aliphatic rings. The number of carbonyl (C=O) groups excluding carboxylic acids is 2. The lowest BCUT2D eigenvalue weighted by atomic mass is 10.1. The molecule has 120 valence electrons. The fourth-order valence-electron chi connectivity index (χ4n) is 2.46. The fraction of sp³-hybridized carbons (Fsp3) is 0.529. The van der Waals surface area contributed by atoms with E-state index in [0.29, 0.717) is 12.3 Å². The van der Waals surface area contributed by atoms with Crippen LogP contribution >= 0.6 is 0 Å². The minimum absolute atomic E-state index is 0.190. The van der Waals surface area contributed by atoms with Gasteiger partial charge in [0.2, 0.25) is 0 Å². The van der Waals surface area contributed by atoms with E-state index in [1.807, 2.05) is 25.1 Å². The molecule has 1 atom stereocenters. The highest BCUT2D eigenvalue weighted by atomic mass is 16.6. The van der Waals surface area contributed by atoms with Crippen LogP contribution < -0.4 is 10.1 Å². The molecular formula is C17H23NO4. The number of benzene rings is 1. The number of ether oxygens (including phenoxy) is 2. The topological polar surface area (TPSA) is 64.6 Å². The van der Waals surface area contributed by atoms with Gasteiger partial charge in [-0.25, -0.2) is 4.79 Å². The maximum absolute atomic E-state index is 11.7. The number of esters is 1. The third-order valence-electron chi connectivity index (χ3n) is 3.65. The molecule has 1 aliphatic carbocycles. The Bertz CT molecular complexity index is 541. The second kappa shape index (κ2) is 7.82. The number of carbonyl (C=O) groups is 2. The number of aryl methyl sites for hydroxylation is 2. The zero-order valence-corrected chi connectivity index (χ0v) is 13.2. The van der Waals surface area contributed by atoms with E-state index in [2.05, 4.69) is 5.32 Å². The zero-order valence-electron chi connectivity index (χ0n) is 13.2. The summed E-state index contributed by atoms with van der Waals surface area (Å²) in [6.07, 6.45) is 3.38. The van der Waals surface area contributed by atoms with Crippen molar-refractivity contribution in [2.24, 2.45) is 0 Å². The standard InChI is InChI=1S/C17H23NO4/c1-3-9-18-17(20)12(2)22-16(19)11-21-15-8-7-13-5-4-6-14(13)10-15/h7-8,10,12H,3-6,9,11H2,1-2H3,(H,18,20)/t12-/m0/s1. The molecule has 0 radical (unpaired) electrons. The molecule has 5 nitrogen and oxygen atoms in total. The molecule has 22 heavy (non-hydrogen) atoms. The van der Waals surface area contributed by atoms with Gasteiger partial charge >= 0.3 is 5.97 Å². The molecule has 0 heterocycles. The first-order chi connectivity index (χ1) is 10.6. The van der Waals surface area contributed by atoms with Gasteiger partial charge in [0.15, 0.2) is 12.7 Å². The average Bonchev–Trinajstić information content (AvgIpc) is 2.98. The van der Waals surface area contributed by atoms with Gasteiger partial charge in [0.1, 0.15) is 5.75 Å². The minimum Gasteiger partial charge on any atom is -0.482 e. The van der Waals surface area contributed by atoms with Crippen LogP contribution in [-0.2, 0) is 27.2 Å². The van der Waals surface area contributed by atoms with E-state index < -0.39 is 12.1 Å². The Morgan fingerprint density at radius 2 is 2.05 bits per heavy atom. The SMILES string of the molecule is CCCNC(=O)[C@H](C)OC(=O)COc1ccc2c(c1)CCC2. The van der Waals surface area contributed by atoms with Gasteiger partial charge in [-0.2, -0.15) is 0 Å². The van der Waals surface area contributed by atoms with Crippen molar-refractivity contribution in [3.05, 3.63) is 29.3 Å². The van der Waals surface area contributed by atoms with Crippen LogP contribution in [0.5, 0.6) is 5.75 Å². The highest BCUT2D eigenvalue weighted by Gasteiger charge is 2.18. The number of rotatable bonds is 7. The van der Waals surface area contributed by atoms with Gasteiger partial charge < -0.3 is 14.8 Å². The van der Waals surface area contributed by atoms with Gasteiger partial charge in [-0.15, -0.1) is 0 Å². The molecule has 1 amide bonds. The number of hydrogen-bond donors (Lipinski definition) is 1. The van der Waals surface area contributed by atoms with E-state index in [0.717, 1.165) is 19.3 Å². The smallest absolute Gasteiger partial charge is 0.344 e. The highest BCUT2D eigenvalue weighted by molar-refractivity contribution is 5.83. The lowest BCUT2D eigenvalue weighted by Gasteiger charge is -2.13. The molecule has 5 heteroatoms. The van der Waals surface area contributed by atoms with Gasteiger partial charge in [-0.05, 0) is 55.9 Å². The molecule has 0 saturated carbocycles. The largest absolute Gasteiger partial charge is 0.482 e. The number of hydrogen-bond acceptors (Lipinski definition) is 4. The third kappa shape index (κ3) is 4.48. The van der Waals surface area contributed by atoms with Crippen LogP contribution in [0.25, 0.3) is 0 Å². The quantitative estimate of drug-likeness (QED) is 0.783. The van der Waals surface area contributed by atoms with Crippen molar-refractivity contribution in [2.45, 2.75) is 45.6 Å². The normalized spacial score (nSPS) is 14.1. The summed E-state index contributed by atoms with van der Waals surface area (Å²) in [6.45, 7) is 3.90. The maximum atomic E-state index is 11.7. The van der Waals surface area contributed by atoms with Crippen LogP contribution in [0.1, 0.15) is 37.8 Å². The van der Waals surface area contributed by atoms with Crippen LogP contribution in [0.2, 0.25) is 0 Å². The maximum Gasteiger partial charge on any atom is 0.344 e. The first-order valence-electron chi connectivity index (χ1n) is 7.82. The highest BCUT2D eigenvalue weighted by Crippen LogP contribution is 2.25. The predicted molar refractivity (Wildman–Crippen MR) is 82.8 cm³/mol. The van der Waals surface area contributed by atoms with Gasteiger partial charge in [-0.3, -0.25) is 4.79 Å². The monoisotopic (exact) mass is 305 g/mol. The second-order valence-electron chi connectivity index (χ2n) is 5.50. The summed E-state index contributed by atoms with van der Waals surface area (Å²) >= 11 is 0. The summed E-state index contributed by atoms with van der Waals surface area (Å²) in [5, 5.41) is 2.68. The predicted octanol–water partition coefficient (Wildman–Crippen LogP) is 2.01. The van der Waals surface area contributed by atoms with Crippen molar-refractivity contribution in [3.63, 3.8) is 0 Å². The molecular weight excluding hydrogens is 282 g/mol. The third-order valence-corrected chi connectivity index (χ3v) is 3.65. The lowest BCUT2D eigenvalue weighted by molar-refractivity contribution is -0.156. The first kappa shape index (κ1) is 16.3. The van der Waals surface area contributed by atoms with Gasteiger partial charge in [0.05, 0.1) is 0 Å². The Morgan fingerprint density at radius 3 is 2.82 bits per heavy atom. The van der Waals surface area contributed by atoms with Crippen LogP contribution in [0.3, 0.4) is 0 Å². The molecule has 0 aliphatic heterocycles. The molecule has 1 aromatic rings. The van der Waals surface area contributed by atoms with Crippen molar-refractivity contribution < 1.29 is 19.1 Å². The summed E-state index contributed by atoms with van der Waals surface area (Å²) in [5.41, 5.74) is 2.65. The van der Waals surface area contributed by atoms with Crippen LogP contribution in [-0.4, -0.2) is 31.1 Å². The molecule has 0 fully saturated rings. The Hall–Kier alpha value is -2.04. The number of fused-ring (bicyclic) bond motifs is 1. The average molecular weight is 305 g/mol. The molecule has 0 spiro atoms. The van der Waals surface area contributed by atoms with Crippen molar-refractivity contribution in [3.8, 4) is 5.75 Å². The first-order valence-corrected chi connectivity index (χ1v) is 7.82. The molecule has 2 rings (SSSR count). The molecule has 1 N–H and O–H groups in total. The van der Waals surface area contributed by atoms with Crippen LogP contribution in [0.15, 0.2) is 18.2 Å². The van der Waals surface area contributed by atoms with E-state index in [-0.39, 0.29) is 12.5 Å². The van der Waals surface area contributed by atoms with E-state index in [1.165, 1.54) is 17.5 Å². The molecule has 0 unspecified atom stereocenters.